The number of rotatable bonds is 52. The predicted molar refractivity (Wildman–Crippen MR) is 264 cm³/mol. The summed E-state index contributed by atoms with van der Waals surface area (Å²) in [6.07, 6.45) is 66.7. The minimum atomic E-state index is -3.50. The fourth-order valence-electron chi connectivity index (χ4n) is 7.99. The third-order valence-corrected chi connectivity index (χ3v) is 13.6. The van der Waals surface area contributed by atoms with Crippen molar-refractivity contribution in [1.29, 1.82) is 0 Å². The summed E-state index contributed by atoms with van der Waals surface area (Å²) in [6.45, 7) is 8.26. The van der Waals surface area contributed by atoms with E-state index in [-0.39, 0.29) is 0 Å². The van der Waals surface area contributed by atoms with Gasteiger partial charge in [-0.25, -0.2) is 4.57 Å². The summed E-state index contributed by atoms with van der Waals surface area (Å²) in [6, 6.07) is 0. The molecule has 0 bridgehead atoms. The van der Waals surface area contributed by atoms with Gasteiger partial charge in [0, 0.05) is 0 Å². The van der Waals surface area contributed by atoms with Gasteiger partial charge in [0.15, 0.2) is 0 Å². The van der Waals surface area contributed by atoms with Crippen molar-refractivity contribution in [3.8, 4) is 0 Å². The van der Waals surface area contributed by atoms with Gasteiger partial charge in [-0.15, -0.1) is 0 Å². The molecule has 0 unspecified atom stereocenters. The van der Waals surface area contributed by atoms with Crippen molar-refractivity contribution < 1.29 is 18.1 Å². The van der Waals surface area contributed by atoms with Gasteiger partial charge in [-0.1, -0.05) is 257 Å². The molecule has 0 aromatic rings. The molecular weight excluding hydrogens is 744 g/mol. The molecule has 0 atom stereocenters. The number of unbranched alkanes of at least 4 members (excludes halogenated alkanes) is 39. The lowest BCUT2D eigenvalue weighted by Gasteiger charge is -2.18. The second-order valence-electron chi connectivity index (χ2n) is 18.1. The molecule has 0 heterocycles. The monoisotopic (exact) mass is 851 g/mol. The summed E-state index contributed by atoms with van der Waals surface area (Å²) in [4.78, 5) is 0. The molecule has 0 N–H and O–H groups in total. The normalized spacial score (nSPS) is 12.3. The number of hydrogen-bond donors (Lipinski definition) is 0. The zero-order valence-electron chi connectivity index (χ0n) is 40.6. The summed E-state index contributed by atoms with van der Waals surface area (Å²) in [5.74, 6) is 0. The second-order valence-corrected chi connectivity index (χ2v) is 19.8. The van der Waals surface area contributed by atoms with Gasteiger partial charge in [0.25, 0.3) is 0 Å². The molecule has 4 nitrogen and oxygen atoms in total. The highest BCUT2D eigenvalue weighted by molar-refractivity contribution is 7.48. The minimum Gasteiger partial charge on any atom is -0.287 e. The zero-order chi connectivity index (χ0) is 42.7. The molecule has 0 rings (SSSR count). The van der Waals surface area contributed by atoms with E-state index in [2.05, 4.69) is 45.1 Å². The van der Waals surface area contributed by atoms with Crippen molar-refractivity contribution in [2.75, 3.05) is 19.8 Å². The van der Waals surface area contributed by atoms with Crippen LogP contribution in [-0.2, 0) is 18.1 Å². The largest absolute Gasteiger partial charge is 0.474 e. The van der Waals surface area contributed by atoms with Gasteiger partial charge < -0.3 is 0 Å². The highest BCUT2D eigenvalue weighted by atomic mass is 31.2. The molecule has 0 radical (unpaired) electrons. The number of phosphoric ester groups is 1. The lowest BCUT2D eigenvalue weighted by molar-refractivity contribution is 0.108. The van der Waals surface area contributed by atoms with Crippen LogP contribution >= 0.6 is 7.82 Å². The maximum Gasteiger partial charge on any atom is 0.474 e. The maximum absolute atomic E-state index is 13.6. The van der Waals surface area contributed by atoms with Crippen LogP contribution in [0.2, 0.25) is 0 Å². The molecular formula is C54H107O4P. The third-order valence-electron chi connectivity index (χ3n) is 12.1. The molecule has 0 aromatic carbocycles. The smallest absolute Gasteiger partial charge is 0.287 e. The summed E-state index contributed by atoms with van der Waals surface area (Å²) >= 11 is 0. The van der Waals surface area contributed by atoms with Crippen LogP contribution in [0.15, 0.2) is 24.3 Å². The topological polar surface area (TPSA) is 44.8 Å². The van der Waals surface area contributed by atoms with Crippen LogP contribution in [0.4, 0.5) is 0 Å². The van der Waals surface area contributed by atoms with Gasteiger partial charge in [-0.2, -0.15) is 0 Å². The van der Waals surface area contributed by atoms with Crippen LogP contribution in [0, 0.1) is 0 Å². The molecule has 59 heavy (non-hydrogen) atoms. The van der Waals surface area contributed by atoms with Gasteiger partial charge >= 0.3 is 7.82 Å². The number of phosphoric acid groups is 1. The molecule has 0 aromatic heterocycles. The van der Waals surface area contributed by atoms with E-state index >= 15 is 0 Å². The fourth-order valence-corrected chi connectivity index (χ4v) is 9.27. The Balaban J connectivity index is 4.15. The standard InChI is InChI=1S/C54H107O4P/c1-4-7-10-13-16-19-22-25-28-31-34-37-40-43-46-49-52-56-59(55,57-53-50-47-44-41-38-35-32-29-26-23-20-17-14-11-8-5-2)58-54-51-48-45-42-39-36-33-30-27-24-21-18-15-12-9-6-3/h25-26,28-29H,4-24,27,30-54H2,1-3H3/b28-25-,29-26-. The predicted octanol–water partition coefficient (Wildman–Crippen LogP) is 20.5. The second kappa shape index (κ2) is 51.9. The SMILES string of the molecule is CCCCCCCC/C=C\CCCCCCCCOP(=O)(OCCCCCCCC/C=C\CCCCCCCC)OCCCCCCCCCCCCCCCCCC. The molecule has 352 valence electrons. The first kappa shape index (κ1) is 58.6. The molecule has 0 fully saturated rings. The average molecular weight is 851 g/mol. The molecule has 0 saturated carbocycles. The van der Waals surface area contributed by atoms with Crippen molar-refractivity contribution in [2.45, 2.75) is 303 Å². The Morgan fingerprint density at radius 2 is 0.424 bits per heavy atom. The van der Waals surface area contributed by atoms with Gasteiger partial charge in [0.05, 0.1) is 19.8 Å². The lowest BCUT2D eigenvalue weighted by atomic mass is 10.0. The molecule has 0 aliphatic carbocycles. The van der Waals surface area contributed by atoms with E-state index in [1.54, 1.807) is 0 Å². The first-order valence-corrected chi connectivity index (χ1v) is 28.5. The van der Waals surface area contributed by atoms with Crippen molar-refractivity contribution in [1.82, 2.24) is 0 Å². The van der Waals surface area contributed by atoms with E-state index in [1.807, 2.05) is 0 Å². The van der Waals surface area contributed by atoms with Crippen LogP contribution in [-0.4, -0.2) is 19.8 Å². The molecule has 5 heteroatoms. The van der Waals surface area contributed by atoms with Gasteiger partial charge in [-0.05, 0) is 70.6 Å². The van der Waals surface area contributed by atoms with Crippen molar-refractivity contribution in [3.63, 3.8) is 0 Å². The summed E-state index contributed by atoms with van der Waals surface area (Å²) in [5.41, 5.74) is 0. The highest BCUT2D eigenvalue weighted by Crippen LogP contribution is 2.50. The van der Waals surface area contributed by atoms with Crippen LogP contribution < -0.4 is 0 Å². The van der Waals surface area contributed by atoms with Gasteiger partial charge in [-0.3, -0.25) is 13.6 Å². The number of allylic oxidation sites excluding steroid dienone is 4. The zero-order valence-corrected chi connectivity index (χ0v) is 41.5. The van der Waals surface area contributed by atoms with E-state index in [4.69, 9.17) is 13.6 Å². The molecule has 0 amide bonds. The Morgan fingerprint density at radius 1 is 0.254 bits per heavy atom. The van der Waals surface area contributed by atoms with Crippen LogP contribution in [0.1, 0.15) is 303 Å². The maximum atomic E-state index is 13.6. The minimum absolute atomic E-state index is 0.463. The molecule has 0 aliphatic rings. The lowest BCUT2D eigenvalue weighted by Crippen LogP contribution is -2.04. The van der Waals surface area contributed by atoms with E-state index in [9.17, 15) is 4.57 Å². The first-order chi connectivity index (χ1) is 29.2. The summed E-state index contributed by atoms with van der Waals surface area (Å²) in [5, 5.41) is 0. The first-order valence-electron chi connectivity index (χ1n) is 27.0. The Labute approximate surface area is 372 Å². The molecule has 0 saturated heterocycles. The number of hydrogen-bond acceptors (Lipinski definition) is 4. The van der Waals surface area contributed by atoms with E-state index in [0.717, 1.165) is 38.5 Å². The average Bonchev–Trinajstić information content (AvgIpc) is 3.24. The Hall–Kier alpha value is -0.410. The van der Waals surface area contributed by atoms with E-state index < -0.39 is 7.82 Å². The Kier molecular flexibility index (Phi) is 51.6. The Morgan fingerprint density at radius 3 is 0.627 bits per heavy atom. The van der Waals surface area contributed by atoms with Crippen LogP contribution in [0.25, 0.3) is 0 Å². The van der Waals surface area contributed by atoms with Crippen LogP contribution in [0.3, 0.4) is 0 Å². The highest BCUT2D eigenvalue weighted by Gasteiger charge is 2.26. The van der Waals surface area contributed by atoms with Gasteiger partial charge in [0.2, 0.25) is 0 Å². The third kappa shape index (κ3) is 50.1. The van der Waals surface area contributed by atoms with E-state index in [0.29, 0.717) is 19.8 Å². The molecule has 0 aliphatic heterocycles. The molecule has 0 spiro atoms. The van der Waals surface area contributed by atoms with Crippen molar-refractivity contribution >= 4 is 7.82 Å². The van der Waals surface area contributed by atoms with E-state index in [1.165, 1.54) is 244 Å². The summed E-state index contributed by atoms with van der Waals surface area (Å²) < 4.78 is 31.3. The van der Waals surface area contributed by atoms with Crippen molar-refractivity contribution in [2.24, 2.45) is 0 Å². The fraction of sp³-hybridized carbons (Fsp3) is 0.926. The Bertz CT molecular complexity index is 824. The summed E-state index contributed by atoms with van der Waals surface area (Å²) in [7, 11) is -3.50. The quantitative estimate of drug-likeness (QED) is 0.0347. The van der Waals surface area contributed by atoms with Crippen LogP contribution in [0.5, 0.6) is 0 Å². The van der Waals surface area contributed by atoms with Gasteiger partial charge in [0.1, 0.15) is 0 Å². The van der Waals surface area contributed by atoms with Crippen molar-refractivity contribution in [3.05, 3.63) is 24.3 Å².